The SMILES string of the molecule is N#CCn1cnnc1[N+](=O)[O-]. The molecule has 0 fully saturated rings. The molecule has 0 radical (unpaired) electrons. The summed E-state index contributed by atoms with van der Waals surface area (Å²) in [5, 5.41) is 24.8. The highest BCUT2D eigenvalue weighted by atomic mass is 16.6. The predicted octanol–water partition coefficient (Wildman–Crippen LogP) is -0.290. The lowest BCUT2D eigenvalue weighted by atomic mass is 10.7. The molecule has 0 unspecified atom stereocenters. The van der Waals surface area contributed by atoms with Crippen molar-refractivity contribution in [2.45, 2.75) is 6.54 Å². The minimum atomic E-state index is -0.690. The Morgan fingerprint density at radius 1 is 1.91 bits per heavy atom. The van der Waals surface area contributed by atoms with Crippen LogP contribution in [0.5, 0.6) is 0 Å². The Hall–Kier alpha value is -1.97. The third kappa shape index (κ3) is 1.29. The van der Waals surface area contributed by atoms with E-state index >= 15 is 0 Å². The van der Waals surface area contributed by atoms with E-state index in [1.807, 2.05) is 0 Å². The van der Waals surface area contributed by atoms with Gasteiger partial charge in [-0.15, -0.1) is 0 Å². The molecule has 56 valence electrons. The molecule has 0 saturated heterocycles. The van der Waals surface area contributed by atoms with Crippen LogP contribution in [0.2, 0.25) is 0 Å². The van der Waals surface area contributed by atoms with E-state index in [1.165, 1.54) is 0 Å². The standard InChI is InChI=1S/C4H3N5O2/c5-1-2-8-3-6-7-4(8)9(10)11/h3H,2H2. The molecule has 0 spiro atoms. The van der Waals surface area contributed by atoms with E-state index in [9.17, 15) is 10.1 Å². The average molecular weight is 153 g/mol. The van der Waals surface area contributed by atoms with Crippen LogP contribution >= 0.6 is 0 Å². The zero-order valence-electron chi connectivity index (χ0n) is 5.34. The molecule has 7 nitrogen and oxygen atoms in total. The van der Waals surface area contributed by atoms with E-state index in [0.29, 0.717) is 0 Å². The number of hydrogen-bond acceptors (Lipinski definition) is 5. The summed E-state index contributed by atoms with van der Waals surface area (Å²) in [5.41, 5.74) is 0. The van der Waals surface area contributed by atoms with E-state index in [2.05, 4.69) is 10.2 Å². The van der Waals surface area contributed by atoms with Gasteiger partial charge in [-0.1, -0.05) is 0 Å². The average Bonchev–Trinajstić information content (AvgIpc) is 2.36. The highest BCUT2D eigenvalue weighted by Crippen LogP contribution is 2.03. The van der Waals surface area contributed by atoms with Crippen molar-refractivity contribution in [2.75, 3.05) is 0 Å². The monoisotopic (exact) mass is 153 g/mol. The van der Waals surface area contributed by atoms with E-state index in [0.717, 1.165) is 10.9 Å². The second-order valence-electron chi connectivity index (χ2n) is 1.67. The van der Waals surface area contributed by atoms with Crippen LogP contribution in [0.15, 0.2) is 6.33 Å². The minimum absolute atomic E-state index is 0.108. The number of nitro groups is 1. The number of nitriles is 1. The Bertz CT molecular complexity index is 311. The molecule has 0 atom stereocenters. The van der Waals surface area contributed by atoms with Crippen molar-refractivity contribution in [2.24, 2.45) is 0 Å². The van der Waals surface area contributed by atoms with Gasteiger partial charge < -0.3 is 10.1 Å². The lowest BCUT2D eigenvalue weighted by Crippen LogP contribution is -2.01. The molecule has 0 N–H and O–H groups in total. The first-order valence-corrected chi connectivity index (χ1v) is 2.65. The Labute approximate surface area is 61.0 Å². The molecule has 1 rings (SSSR count). The van der Waals surface area contributed by atoms with Crippen LogP contribution in [0.25, 0.3) is 0 Å². The zero-order valence-corrected chi connectivity index (χ0v) is 5.34. The van der Waals surface area contributed by atoms with Crippen LogP contribution in [-0.2, 0) is 6.54 Å². The Balaban J connectivity index is 2.98. The first kappa shape index (κ1) is 7.14. The number of rotatable bonds is 2. The second-order valence-corrected chi connectivity index (χ2v) is 1.67. The molecule has 1 aromatic heterocycles. The van der Waals surface area contributed by atoms with E-state index in [4.69, 9.17) is 5.26 Å². The third-order valence-corrected chi connectivity index (χ3v) is 0.999. The summed E-state index contributed by atoms with van der Waals surface area (Å²) in [5.74, 6) is -0.411. The van der Waals surface area contributed by atoms with Gasteiger partial charge in [-0.3, -0.25) is 0 Å². The zero-order chi connectivity index (χ0) is 8.27. The van der Waals surface area contributed by atoms with Crippen molar-refractivity contribution >= 4 is 5.95 Å². The maximum absolute atomic E-state index is 10.1. The van der Waals surface area contributed by atoms with E-state index in [1.54, 1.807) is 6.07 Å². The maximum Gasteiger partial charge on any atom is 0.459 e. The third-order valence-electron chi connectivity index (χ3n) is 0.999. The van der Waals surface area contributed by atoms with Crippen LogP contribution in [0.1, 0.15) is 0 Å². The van der Waals surface area contributed by atoms with Crippen molar-refractivity contribution in [3.8, 4) is 6.07 Å². The van der Waals surface area contributed by atoms with Crippen LogP contribution in [0.4, 0.5) is 5.95 Å². The van der Waals surface area contributed by atoms with E-state index < -0.39 is 10.9 Å². The number of nitrogens with zero attached hydrogens (tertiary/aromatic N) is 5. The fourth-order valence-electron chi connectivity index (χ4n) is 0.578. The fraction of sp³-hybridized carbons (Fsp3) is 0.250. The molecule has 0 aliphatic heterocycles. The minimum Gasteiger partial charge on any atom is -0.390 e. The van der Waals surface area contributed by atoms with Crippen molar-refractivity contribution in [1.29, 1.82) is 5.26 Å². The smallest absolute Gasteiger partial charge is 0.390 e. The van der Waals surface area contributed by atoms with Crippen LogP contribution in [0, 0.1) is 21.4 Å². The molecule has 0 aliphatic carbocycles. The fourth-order valence-corrected chi connectivity index (χ4v) is 0.578. The number of hydrogen-bond donors (Lipinski definition) is 0. The molecule has 0 aromatic carbocycles. The molecule has 7 heteroatoms. The molecule has 11 heavy (non-hydrogen) atoms. The predicted molar refractivity (Wildman–Crippen MR) is 32.3 cm³/mol. The van der Waals surface area contributed by atoms with Gasteiger partial charge in [0.1, 0.15) is 6.07 Å². The highest BCUT2D eigenvalue weighted by Gasteiger charge is 2.14. The first-order chi connectivity index (χ1) is 5.25. The first-order valence-electron chi connectivity index (χ1n) is 2.65. The Kier molecular flexibility index (Phi) is 1.78. The molecule has 1 aromatic rings. The van der Waals surface area contributed by atoms with Gasteiger partial charge in [0.15, 0.2) is 12.9 Å². The maximum atomic E-state index is 10.1. The van der Waals surface area contributed by atoms with Gasteiger partial charge in [0.05, 0.1) is 5.10 Å². The van der Waals surface area contributed by atoms with Gasteiger partial charge in [-0.05, 0) is 10.0 Å². The molecular formula is C4H3N5O2. The quantitative estimate of drug-likeness (QED) is 0.429. The summed E-state index contributed by atoms with van der Waals surface area (Å²) in [6.07, 6.45) is 1.14. The Morgan fingerprint density at radius 2 is 2.64 bits per heavy atom. The molecule has 1 heterocycles. The summed E-state index contributed by atoms with van der Waals surface area (Å²) in [6.45, 7) is -0.108. The summed E-state index contributed by atoms with van der Waals surface area (Å²) >= 11 is 0. The van der Waals surface area contributed by atoms with Crippen LogP contribution < -0.4 is 0 Å². The topological polar surface area (TPSA) is 97.6 Å². The van der Waals surface area contributed by atoms with Crippen molar-refractivity contribution in [1.82, 2.24) is 14.8 Å². The van der Waals surface area contributed by atoms with Gasteiger partial charge in [0.25, 0.3) is 0 Å². The van der Waals surface area contributed by atoms with E-state index in [-0.39, 0.29) is 6.54 Å². The normalized spacial score (nSPS) is 9.00. The van der Waals surface area contributed by atoms with Crippen molar-refractivity contribution in [3.05, 3.63) is 16.4 Å². The molecular weight excluding hydrogens is 150 g/mol. The lowest BCUT2D eigenvalue weighted by Gasteiger charge is -1.91. The van der Waals surface area contributed by atoms with Gasteiger partial charge >= 0.3 is 5.95 Å². The molecule has 0 amide bonds. The van der Waals surface area contributed by atoms with Crippen molar-refractivity contribution in [3.63, 3.8) is 0 Å². The van der Waals surface area contributed by atoms with Gasteiger partial charge in [0.2, 0.25) is 0 Å². The second kappa shape index (κ2) is 2.74. The van der Waals surface area contributed by atoms with Gasteiger partial charge in [-0.2, -0.15) is 9.83 Å². The summed E-state index contributed by atoms with van der Waals surface area (Å²) in [4.78, 5) is 9.44. The molecule has 0 saturated carbocycles. The van der Waals surface area contributed by atoms with Crippen molar-refractivity contribution < 1.29 is 4.92 Å². The molecule has 0 aliphatic rings. The lowest BCUT2D eigenvalue weighted by molar-refractivity contribution is -0.396. The summed E-state index contributed by atoms with van der Waals surface area (Å²) in [7, 11) is 0. The summed E-state index contributed by atoms with van der Waals surface area (Å²) < 4.78 is 1.06. The van der Waals surface area contributed by atoms with Gasteiger partial charge in [0, 0.05) is 0 Å². The van der Waals surface area contributed by atoms with Gasteiger partial charge in [-0.25, -0.2) is 0 Å². The highest BCUT2D eigenvalue weighted by molar-refractivity contribution is 5.03. The number of aromatic nitrogens is 3. The summed E-state index contributed by atoms with van der Waals surface area (Å²) in [6, 6.07) is 1.74. The largest absolute Gasteiger partial charge is 0.459 e. The van der Waals surface area contributed by atoms with Crippen LogP contribution in [0.3, 0.4) is 0 Å². The van der Waals surface area contributed by atoms with Crippen LogP contribution in [-0.4, -0.2) is 19.7 Å². The Morgan fingerprint density at radius 3 is 3.18 bits per heavy atom. The molecule has 0 bridgehead atoms.